The zero-order valence-electron chi connectivity index (χ0n) is 22.0. The Hall–Kier alpha value is -4.53. The van der Waals surface area contributed by atoms with E-state index in [0.29, 0.717) is 73.0 Å². The fourth-order valence-corrected chi connectivity index (χ4v) is 5.55. The topological polar surface area (TPSA) is 90.7 Å². The van der Waals surface area contributed by atoms with Crippen molar-refractivity contribution in [1.82, 2.24) is 10.4 Å². The number of morpholine rings is 1. The van der Waals surface area contributed by atoms with Crippen LogP contribution in [-0.2, 0) is 10.9 Å². The fourth-order valence-electron chi connectivity index (χ4n) is 5.29. The number of rotatable bonds is 4. The molecule has 0 bridgehead atoms. The van der Waals surface area contributed by atoms with Crippen LogP contribution in [-0.4, -0.2) is 50.3 Å². The first kappa shape index (κ1) is 27.6. The zero-order chi connectivity index (χ0) is 29.4. The van der Waals surface area contributed by atoms with Crippen LogP contribution in [0.1, 0.15) is 21.5 Å². The SMILES string of the molecule is N#Cc1c(Cl)cc(C(F)(F)F)cc1-c1cccc2c(N3CCOCC3)c(C(=O)NN3CCOc4ccccc43)cnc12. The summed E-state index contributed by atoms with van der Waals surface area (Å²) in [6, 6.07) is 16.0. The van der Waals surface area contributed by atoms with Gasteiger partial charge in [0.25, 0.3) is 5.91 Å². The molecule has 0 aliphatic carbocycles. The lowest BCUT2D eigenvalue weighted by Gasteiger charge is -2.33. The fraction of sp³-hybridized carbons (Fsp3) is 0.233. The number of fused-ring (bicyclic) bond motifs is 2. The lowest BCUT2D eigenvalue weighted by Crippen LogP contribution is -2.47. The second kappa shape index (κ2) is 11.0. The Kier molecular flexibility index (Phi) is 7.26. The molecule has 2 aliphatic rings. The molecule has 1 saturated heterocycles. The molecule has 2 aliphatic heterocycles. The van der Waals surface area contributed by atoms with Crippen molar-refractivity contribution in [3.05, 3.63) is 82.5 Å². The number of halogens is 4. The number of hydrogen-bond acceptors (Lipinski definition) is 7. The number of nitrogens with one attached hydrogen (secondary N) is 1. The smallest absolute Gasteiger partial charge is 0.416 e. The molecule has 1 aromatic heterocycles. The first-order valence-electron chi connectivity index (χ1n) is 13.1. The predicted octanol–water partition coefficient (Wildman–Crippen LogP) is 5.83. The van der Waals surface area contributed by atoms with Crippen molar-refractivity contribution in [3.63, 3.8) is 0 Å². The minimum Gasteiger partial charge on any atom is -0.489 e. The van der Waals surface area contributed by atoms with Gasteiger partial charge in [0.05, 0.1) is 58.4 Å². The van der Waals surface area contributed by atoms with Crippen LogP contribution in [0, 0.1) is 11.3 Å². The zero-order valence-corrected chi connectivity index (χ0v) is 22.8. The minimum absolute atomic E-state index is 0.00507. The molecule has 3 aromatic carbocycles. The summed E-state index contributed by atoms with van der Waals surface area (Å²) in [6.45, 7) is 2.65. The second-order valence-corrected chi connectivity index (χ2v) is 10.1. The molecule has 4 aromatic rings. The van der Waals surface area contributed by atoms with Gasteiger partial charge in [-0.25, -0.2) is 0 Å². The number of anilines is 2. The Balaban J connectivity index is 1.50. The number of pyridine rings is 1. The summed E-state index contributed by atoms with van der Waals surface area (Å²) >= 11 is 6.16. The number of ether oxygens (including phenoxy) is 2. The highest BCUT2D eigenvalue weighted by molar-refractivity contribution is 6.32. The maximum atomic E-state index is 13.8. The molecule has 214 valence electrons. The second-order valence-electron chi connectivity index (χ2n) is 9.72. The quantitative estimate of drug-likeness (QED) is 0.319. The van der Waals surface area contributed by atoms with E-state index in [0.717, 1.165) is 12.1 Å². The van der Waals surface area contributed by atoms with Gasteiger partial charge in [-0.05, 0) is 24.3 Å². The van der Waals surface area contributed by atoms with Crippen LogP contribution < -0.4 is 20.1 Å². The highest BCUT2D eigenvalue weighted by Gasteiger charge is 2.33. The van der Waals surface area contributed by atoms with E-state index < -0.39 is 17.6 Å². The van der Waals surface area contributed by atoms with Gasteiger partial charge in [-0.1, -0.05) is 41.9 Å². The van der Waals surface area contributed by atoms with Gasteiger partial charge in [0.1, 0.15) is 18.4 Å². The third-order valence-electron chi connectivity index (χ3n) is 7.23. The molecule has 1 N–H and O–H groups in total. The maximum absolute atomic E-state index is 13.8. The van der Waals surface area contributed by atoms with Gasteiger partial charge in [0, 0.05) is 35.8 Å². The van der Waals surface area contributed by atoms with E-state index >= 15 is 0 Å². The number of amides is 1. The van der Waals surface area contributed by atoms with Crippen LogP contribution in [0.25, 0.3) is 22.0 Å². The molecule has 3 heterocycles. The number of carbonyl (C=O) groups is 1. The number of hydrogen-bond donors (Lipinski definition) is 1. The molecule has 0 saturated carbocycles. The number of benzene rings is 3. The summed E-state index contributed by atoms with van der Waals surface area (Å²) in [7, 11) is 0. The van der Waals surface area contributed by atoms with Crippen LogP contribution >= 0.6 is 11.6 Å². The van der Waals surface area contributed by atoms with Crippen molar-refractivity contribution in [2.45, 2.75) is 6.18 Å². The first-order chi connectivity index (χ1) is 20.3. The normalized spacial score (nSPS) is 15.1. The van der Waals surface area contributed by atoms with Crippen molar-refractivity contribution in [2.24, 2.45) is 0 Å². The molecule has 0 spiro atoms. The lowest BCUT2D eigenvalue weighted by atomic mass is 9.94. The van der Waals surface area contributed by atoms with Gasteiger partial charge in [-0.15, -0.1) is 0 Å². The predicted molar refractivity (Wildman–Crippen MR) is 152 cm³/mol. The van der Waals surface area contributed by atoms with Crippen LogP contribution in [0.4, 0.5) is 24.5 Å². The number of carbonyl (C=O) groups excluding carboxylic acids is 1. The van der Waals surface area contributed by atoms with Crippen molar-refractivity contribution < 1.29 is 27.4 Å². The van der Waals surface area contributed by atoms with Gasteiger partial charge in [-0.3, -0.25) is 20.2 Å². The van der Waals surface area contributed by atoms with Crippen LogP contribution in [0.2, 0.25) is 5.02 Å². The van der Waals surface area contributed by atoms with Gasteiger partial charge >= 0.3 is 6.18 Å². The molecule has 6 rings (SSSR count). The van der Waals surface area contributed by atoms with Gasteiger partial charge in [0.15, 0.2) is 0 Å². The van der Waals surface area contributed by atoms with E-state index in [4.69, 9.17) is 21.1 Å². The third-order valence-corrected chi connectivity index (χ3v) is 7.52. The highest BCUT2D eigenvalue weighted by Crippen LogP contribution is 2.41. The molecule has 1 fully saturated rings. The summed E-state index contributed by atoms with van der Waals surface area (Å²) in [6.07, 6.45) is -3.26. The van der Waals surface area contributed by atoms with Gasteiger partial charge < -0.3 is 14.4 Å². The number of nitrogens with zero attached hydrogens (tertiary/aromatic N) is 4. The Labute approximate surface area is 243 Å². The van der Waals surface area contributed by atoms with E-state index in [1.54, 1.807) is 23.2 Å². The number of para-hydroxylation sites is 3. The number of aromatic nitrogens is 1. The molecule has 0 unspecified atom stereocenters. The summed E-state index contributed by atoms with van der Waals surface area (Å²) in [5.74, 6) is 0.236. The minimum atomic E-state index is -4.67. The van der Waals surface area contributed by atoms with Gasteiger partial charge in [-0.2, -0.15) is 18.4 Å². The number of hydrazine groups is 1. The van der Waals surface area contributed by atoms with Crippen LogP contribution in [0.15, 0.2) is 60.8 Å². The number of nitriles is 1. The molecule has 1 amide bonds. The van der Waals surface area contributed by atoms with E-state index in [1.165, 1.54) is 6.20 Å². The van der Waals surface area contributed by atoms with Crippen molar-refractivity contribution in [1.29, 1.82) is 5.26 Å². The first-order valence-corrected chi connectivity index (χ1v) is 13.5. The Morgan fingerprint density at radius 2 is 1.81 bits per heavy atom. The molecule has 42 heavy (non-hydrogen) atoms. The van der Waals surface area contributed by atoms with Crippen LogP contribution in [0.5, 0.6) is 5.75 Å². The molecule has 0 atom stereocenters. The maximum Gasteiger partial charge on any atom is 0.416 e. The van der Waals surface area contributed by atoms with Gasteiger partial charge in [0.2, 0.25) is 0 Å². The van der Waals surface area contributed by atoms with E-state index in [-0.39, 0.29) is 21.7 Å². The standard InChI is InChI=1S/C30H23ClF3N5O3/c31-24-15-18(30(32,33)34)14-21(22(24)16-35)19-4-3-5-20-27(19)36-17-23(28(20)38-8-11-41-12-9-38)29(40)37-39-10-13-42-26-7-2-1-6-25(26)39/h1-7,14-15,17H,8-13H2,(H,37,40). The average molecular weight is 594 g/mol. The summed E-state index contributed by atoms with van der Waals surface area (Å²) in [4.78, 5) is 20.4. The Morgan fingerprint density at radius 1 is 1.02 bits per heavy atom. The van der Waals surface area contributed by atoms with Crippen molar-refractivity contribution in [2.75, 3.05) is 49.4 Å². The molecule has 8 nitrogen and oxygen atoms in total. The summed E-state index contributed by atoms with van der Waals surface area (Å²) < 4.78 is 52.4. The summed E-state index contributed by atoms with van der Waals surface area (Å²) in [5.41, 5.74) is 4.09. The van der Waals surface area contributed by atoms with Crippen LogP contribution in [0.3, 0.4) is 0 Å². The molecular weight excluding hydrogens is 571 g/mol. The molecular formula is C30H23ClF3N5O3. The number of alkyl halides is 3. The van der Waals surface area contributed by atoms with Crippen molar-refractivity contribution in [3.8, 4) is 22.9 Å². The monoisotopic (exact) mass is 593 g/mol. The third kappa shape index (κ3) is 5.04. The summed E-state index contributed by atoms with van der Waals surface area (Å²) in [5, 5.41) is 11.8. The average Bonchev–Trinajstić information content (AvgIpc) is 3.00. The van der Waals surface area contributed by atoms with E-state index in [9.17, 15) is 23.2 Å². The Morgan fingerprint density at radius 3 is 2.57 bits per heavy atom. The Bertz CT molecular complexity index is 1730. The largest absolute Gasteiger partial charge is 0.489 e. The van der Waals surface area contributed by atoms with E-state index in [2.05, 4.69) is 10.4 Å². The molecule has 0 radical (unpaired) electrons. The highest BCUT2D eigenvalue weighted by atomic mass is 35.5. The van der Waals surface area contributed by atoms with Crippen molar-refractivity contribution >= 4 is 39.8 Å². The van der Waals surface area contributed by atoms with E-state index in [1.807, 2.05) is 35.2 Å². The molecule has 12 heteroatoms. The lowest BCUT2D eigenvalue weighted by molar-refractivity contribution is -0.137.